The van der Waals surface area contributed by atoms with Gasteiger partial charge in [0.15, 0.2) is 0 Å². The Morgan fingerprint density at radius 1 is 1.15 bits per heavy atom. The second kappa shape index (κ2) is 5.58. The van der Waals surface area contributed by atoms with Crippen molar-refractivity contribution in [2.45, 2.75) is 4.90 Å². The number of nitrogens with zero attached hydrogens (tertiary/aromatic N) is 1. The number of pyridine rings is 1. The van der Waals surface area contributed by atoms with E-state index in [-0.39, 0.29) is 10.6 Å². The van der Waals surface area contributed by atoms with Crippen molar-refractivity contribution in [1.82, 2.24) is 4.98 Å². The Labute approximate surface area is 120 Å². The Morgan fingerprint density at radius 3 is 2.30 bits per heavy atom. The second-order valence-electron chi connectivity index (χ2n) is 3.89. The van der Waals surface area contributed by atoms with Gasteiger partial charge in [-0.25, -0.2) is 18.5 Å². The summed E-state index contributed by atoms with van der Waals surface area (Å²) in [6.07, 6.45) is 1.36. The summed E-state index contributed by atoms with van der Waals surface area (Å²) < 4.78 is 22.2. The quantitative estimate of drug-likeness (QED) is 0.899. The fraction of sp³-hybridized carbons (Fsp3) is 0. The van der Waals surface area contributed by atoms with Crippen molar-refractivity contribution in [1.29, 1.82) is 0 Å². The molecular formula is C12H10ClN3O3S. The van der Waals surface area contributed by atoms with E-state index < -0.39 is 15.9 Å². The number of amides is 1. The number of benzene rings is 1. The SMILES string of the molecule is NS(=O)(=O)c1ccc(NC(=O)c2ccc(Cl)cn2)cc1. The van der Waals surface area contributed by atoms with Gasteiger partial charge < -0.3 is 5.32 Å². The van der Waals surface area contributed by atoms with Crippen molar-refractivity contribution in [3.63, 3.8) is 0 Å². The van der Waals surface area contributed by atoms with Gasteiger partial charge in [-0.05, 0) is 36.4 Å². The molecule has 0 saturated carbocycles. The van der Waals surface area contributed by atoms with Crippen LogP contribution in [0.2, 0.25) is 5.02 Å². The number of sulfonamides is 1. The van der Waals surface area contributed by atoms with E-state index in [1.807, 2.05) is 0 Å². The minimum atomic E-state index is -3.74. The number of carbonyl (C=O) groups is 1. The third-order valence-electron chi connectivity index (χ3n) is 2.40. The fourth-order valence-corrected chi connectivity index (χ4v) is 2.06. The molecule has 8 heteroatoms. The highest BCUT2D eigenvalue weighted by Gasteiger charge is 2.10. The lowest BCUT2D eigenvalue weighted by Gasteiger charge is -2.05. The standard InChI is InChI=1S/C12H10ClN3O3S/c13-8-1-6-11(15-7-8)12(17)16-9-2-4-10(5-3-9)20(14,18)19/h1-7H,(H,16,17)(H2,14,18,19). The predicted molar refractivity (Wildman–Crippen MR) is 75.0 cm³/mol. The van der Waals surface area contributed by atoms with Gasteiger partial charge in [-0.2, -0.15) is 0 Å². The Bertz CT molecular complexity index is 728. The lowest BCUT2D eigenvalue weighted by atomic mass is 10.3. The highest BCUT2D eigenvalue weighted by molar-refractivity contribution is 7.89. The molecule has 104 valence electrons. The first kappa shape index (κ1) is 14.4. The van der Waals surface area contributed by atoms with E-state index >= 15 is 0 Å². The molecule has 0 aliphatic carbocycles. The van der Waals surface area contributed by atoms with Crippen LogP contribution in [0.25, 0.3) is 0 Å². The zero-order valence-corrected chi connectivity index (χ0v) is 11.6. The number of hydrogen-bond acceptors (Lipinski definition) is 4. The molecule has 0 unspecified atom stereocenters. The van der Waals surface area contributed by atoms with E-state index in [2.05, 4.69) is 10.3 Å². The van der Waals surface area contributed by atoms with Crippen LogP contribution in [0.1, 0.15) is 10.5 Å². The summed E-state index contributed by atoms with van der Waals surface area (Å²) >= 11 is 5.67. The average Bonchev–Trinajstić information content (AvgIpc) is 2.39. The van der Waals surface area contributed by atoms with E-state index in [1.165, 1.54) is 36.5 Å². The van der Waals surface area contributed by atoms with Crippen molar-refractivity contribution >= 4 is 33.2 Å². The first-order valence-corrected chi connectivity index (χ1v) is 7.34. The fourth-order valence-electron chi connectivity index (χ4n) is 1.43. The van der Waals surface area contributed by atoms with Crippen molar-refractivity contribution in [2.75, 3.05) is 5.32 Å². The van der Waals surface area contributed by atoms with Crippen LogP contribution < -0.4 is 10.5 Å². The molecule has 1 aromatic heterocycles. The Kier molecular flexibility index (Phi) is 4.03. The molecule has 2 rings (SSSR count). The van der Waals surface area contributed by atoms with Crippen LogP contribution in [0.15, 0.2) is 47.5 Å². The van der Waals surface area contributed by atoms with Gasteiger partial charge in [-0.3, -0.25) is 4.79 Å². The van der Waals surface area contributed by atoms with Crippen molar-refractivity contribution in [2.24, 2.45) is 5.14 Å². The lowest BCUT2D eigenvalue weighted by molar-refractivity contribution is 0.102. The summed E-state index contributed by atoms with van der Waals surface area (Å²) in [4.78, 5) is 15.7. The Balaban J connectivity index is 2.14. The molecule has 1 amide bonds. The minimum Gasteiger partial charge on any atom is -0.321 e. The minimum absolute atomic E-state index is 0.0277. The monoisotopic (exact) mass is 311 g/mol. The zero-order chi connectivity index (χ0) is 14.8. The van der Waals surface area contributed by atoms with Crippen LogP contribution in [0.3, 0.4) is 0 Å². The zero-order valence-electron chi connectivity index (χ0n) is 10.1. The van der Waals surface area contributed by atoms with Crippen LogP contribution >= 0.6 is 11.6 Å². The third kappa shape index (κ3) is 3.53. The number of rotatable bonds is 3. The maximum absolute atomic E-state index is 11.8. The molecule has 1 aromatic carbocycles. The normalized spacial score (nSPS) is 11.1. The van der Waals surface area contributed by atoms with Crippen LogP contribution in [-0.2, 0) is 10.0 Å². The van der Waals surface area contributed by atoms with Gasteiger partial charge >= 0.3 is 0 Å². The smallest absolute Gasteiger partial charge is 0.274 e. The van der Waals surface area contributed by atoms with Gasteiger partial charge in [-0.1, -0.05) is 11.6 Å². The summed E-state index contributed by atoms with van der Waals surface area (Å²) in [6, 6.07) is 8.52. The molecule has 3 N–H and O–H groups in total. The van der Waals surface area contributed by atoms with Crippen LogP contribution in [-0.4, -0.2) is 19.3 Å². The maximum atomic E-state index is 11.8. The molecule has 0 bridgehead atoms. The molecule has 2 aromatic rings. The van der Waals surface area contributed by atoms with Crippen LogP contribution in [0.5, 0.6) is 0 Å². The van der Waals surface area contributed by atoms with Gasteiger partial charge in [0.25, 0.3) is 5.91 Å². The molecule has 0 atom stereocenters. The third-order valence-corrected chi connectivity index (χ3v) is 3.55. The molecular weight excluding hydrogens is 302 g/mol. The van der Waals surface area contributed by atoms with Gasteiger partial charge in [0.2, 0.25) is 10.0 Å². The van der Waals surface area contributed by atoms with Crippen molar-refractivity contribution < 1.29 is 13.2 Å². The van der Waals surface area contributed by atoms with Gasteiger partial charge in [-0.15, -0.1) is 0 Å². The highest BCUT2D eigenvalue weighted by atomic mass is 35.5. The first-order valence-electron chi connectivity index (χ1n) is 5.42. The van der Waals surface area contributed by atoms with E-state index in [9.17, 15) is 13.2 Å². The van der Waals surface area contributed by atoms with Gasteiger partial charge in [0.05, 0.1) is 9.92 Å². The molecule has 0 aliphatic heterocycles. The van der Waals surface area contributed by atoms with Gasteiger partial charge in [0, 0.05) is 11.9 Å². The maximum Gasteiger partial charge on any atom is 0.274 e. The molecule has 0 aliphatic rings. The molecule has 0 radical (unpaired) electrons. The number of nitrogens with one attached hydrogen (secondary N) is 1. The van der Waals surface area contributed by atoms with E-state index in [0.717, 1.165) is 0 Å². The lowest BCUT2D eigenvalue weighted by Crippen LogP contribution is -2.14. The second-order valence-corrected chi connectivity index (χ2v) is 5.88. The van der Waals surface area contributed by atoms with Crippen LogP contribution in [0.4, 0.5) is 5.69 Å². The summed E-state index contributed by atoms with van der Waals surface area (Å²) in [5.74, 6) is -0.426. The number of nitrogens with two attached hydrogens (primary N) is 1. The number of aromatic nitrogens is 1. The largest absolute Gasteiger partial charge is 0.321 e. The highest BCUT2D eigenvalue weighted by Crippen LogP contribution is 2.14. The van der Waals surface area contributed by atoms with E-state index in [0.29, 0.717) is 10.7 Å². The number of carbonyl (C=O) groups excluding carboxylic acids is 1. The Hall–Kier alpha value is -1.96. The molecule has 1 heterocycles. The predicted octanol–water partition coefficient (Wildman–Crippen LogP) is 1.63. The summed E-state index contributed by atoms with van der Waals surface area (Å²) in [5, 5.41) is 7.98. The number of hydrogen-bond donors (Lipinski definition) is 2. The number of primary sulfonamides is 1. The molecule has 6 nitrogen and oxygen atoms in total. The molecule has 20 heavy (non-hydrogen) atoms. The van der Waals surface area contributed by atoms with Crippen molar-refractivity contribution in [3.05, 3.63) is 53.3 Å². The number of anilines is 1. The molecule has 0 saturated heterocycles. The number of halogens is 1. The molecule has 0 fully saturated rings. The summed E-state index contributed by atoms with van der Waals surface area (Å²) in [6.45, 7) is 0. The summed E-state index contributed by atoms with van der Waals surface area (Å²) in [7, 11) is -3.74. The topological polar surface area (TPSA) is 102 Å². The Morgan fingerprint density at radius 2 is 1.80 bits per heavy atom. The van der Waals surface area contributed by atoms with Crippen molar-refractivity contribution in [3.8, 4) is 0 Å². The summed E-state index contributed by atoms with van der Waals surface area (Å²) in [5.41, 5.74) is 0.629. The van der Waals surface area contributed by atoms with E-state index in [4.69, 9.17) is 16.7 Å². The van der Waals surface area contributed by atoms with Crippen LogP contribution in [0, 0.1) is 0 Å². The first-order chi connectivity index (χ1) is 9.36. The van der Waals surface area contributed by atoms with Gasteiger partial charge in [0.1, 0.15) is 5.69 Å². The average molecular weight is 312 g/mol. The molecule has 0 spiro atoms. The van der Waals surface area contributed by atoms with E-state index in [1.54, 1.807) is 6.07 Å².